The van der Waals surface area contributed by atoms with Gasteiger partial charge in [-0.05, 0) is 42.0 Å². The topological polar surface area (TPSA) is 87.2 Å². The fourth-order valence-electron chi connectivity index (χ4n) is 3.20. The van der Waals surface area contributed by atoms with E-state index in [1.54, 1.807) is 6.08 Å². The average Bonchev–Trinajstić information content (AvgIpc) is 2.68. The number of amides is 1. The maximum absolute atomic E-state index is 12.6. The Bertz CT molecular complexity index is 842. The summed E-state index contributed by atoms with van der Waals surface area (Å²) in [5, 5.41) is 7.43. The molecule has 0 spiro atoms. The quantitative estimate of drug-likeness (QED) is 0.506. The van der Waals surface area contributed by atoms with Gasteiger partial charge in [0.25, 0.3) is 5.91 Å². The summed E-state index contributed by atoms with van der Waals surface area (Å²) in [5.74, 6) is 2.15. The number of piperidine rings is 1. The molecule has 5 heteroatoms. The molecule has 0 atom stereocenters. The van der Waals surface area contributed by atoms with E-state index in [0.717, 1.165) is 24.0 Å². The molecule has 1 heterocycles. The number of nitrogen functional groups attached to an aromatic ring is 1. The number of amidine groups is 1. The van der Waals surface area contributed by atoms with E-state index in [4.69, 9.17) is 11.1 Å². The van der Waals surface area contributed by atoms with Gasteiger partial charge in [0.15, 0.2) is 0 Å². The predicted molar refractivity (Wildman–Crippen MR) is 102 cm³/mol. The first-order valence-corrected chi connectivity index (χ1v) is 8.63. The van der Waals surface area contributed by atoms with Crippen molar-refractivity contribution >= 4 is 17.7 Å². The Morgan fingerprint density at radius 1 is 1.00 bits per heavy atom. The van der Waals surface area contributed by atoms with Crippen LogP contribution in [-0.4, -0.2) is 35.7 Å². The van der Waals surface area contributed by atoms with Crippen LogP contribution in [0.3, 0.4) is 0 Å². The number of likely N-dealkylation sites (tertiary alicyclic amines) is 1. The molecule has 3 rings (SSSR count). The van der Waals surface area contributed by atoms with Gasteiger partial charge < -0.3 is 10.6 Å². The Balaban J connectivity index is 1.68. The number of nitrogens with two attached hydrogens (primary N) is 1. The van der Waals surface area contributed by atoms with Crippen LogP contribution >= 0.6 is 0 Å². The van der Waals surface area contributed by atoms with Gasteiger partial charge in [0.2, 0.25) is 0 Å². The third-order valence-corrected chi connectivity index (χ3v) is 4.79. The third-order valence-electron chi connectivity index (χ3n) is 4.79. The smallest absolute Gasteiger partial charge is 0.253 e. The second-order valence-corrected chi connectivity index (χ2v) is 6.48. The first kappa shape index (κ1) is 17.6. The van der Waals surface area contributed by atoms with Gasteiger partial charge in [0.1, 0.15) is 11.8 Å². The standard InChI is InChI=1S/C21H21N3O2/c22-20(23)18-5-1-16(2-6-18)17-3-7-19(8-4-17)21(26)24-12-9-15(10-13-24)11-14-25/h1-8,11,15H,9-10,12-13H2,(H3,22,23). The normalized spacial score (nSPS) is 14.5. The van der Waals surface area contributed by atoms with Gasteiger partial charge in [0, 0.05) is 30.3 Å². The fraction of sp³-hybridized carbons (Fsp3) is 0.238. The van der Waals surface area contributed by atoms with Gasteiger partial charge in [-0.15, -0.1) is 0 Å². The number of nitrogens with one attached hydrogen (secondary N) is 1. The van der Waals surface area contributed by atoms with Crippen molar-refractivity contribution in [2.75, 3.05) is 13.1 Å². The molecule has 1 fully saturated rings. The Hall–Kier alpha value is -3.17. The molecule has 1 saturated heterocycles. The molecule has 3 N–H and O–H groups in total. The van der Waals surface area contributed by atoms with E-state index in [2.05, 4.69) is 0 Å². The number of nitrogens with zero attached hydrogens (tertiary/aromatic N) is 1. The number of hydrogen-bond donors (Lipinski definition) is 2. The first-order valence-electron chi connectivity index (χ1n) is 8.63. The van der Waals surface area contributed by atoms with Crippen molar-refractivity contribution in [1.82, 2.24) is 4.90 Å². The summed E-state index contributed by atoms with van der Waals surface area (Å²) in [4.78, 5) is 24.9. The summed E-state index contributed by atoms with van der Waals surface area (Å²) in [5.41, 5.74) is 8.84. The zero-order valence-corrected chi connectivity index (χ0v) is 14.4. The lowest BCUT2D eigenvalue weighted by atomic mass is 9.96. The van der Waals surface area contributed by atoms with Gasteiger partial charge in [-0.1, -0.05) is 36.4 Å². The van der Waals surface area contributed by atoms with Crippen LogP contribution in [0.5, 0.6) is 0 Å². The molecule has 1 amide bonds. The Morgan fingerprint density at radius 3 is 1.96 bits per heavy atom. The van der Waals surface area contributed by atoms with Gasteiger partial charge in [-0.3, -0.25) is 10.2 Å². The van der Waals surface area contributed by atoms with Crippen LogP contribution in [-0.2, 0) is 4.79 Å². The molecule has 1 aliphatic heterocycles. The number of rotatable bonds is 4. The molecule has 0 aliphatic carbocycles. The van der Waals surface area contributed by atoms with Crippen LogP contribution < -0.4 is 5.73 Å². The largest absolute Gasteiger partial charge is 0.384 e. The van der Waals surface area contributed by atoms with Crippen LogP contribution in [0.25, 0.3) is 11.1 Å². The molecular formula is C21H21N3O2. The van der Waals surface area contributed by atoms with E-state index in [-0.39, 0.29) is 17.7 Å². The van der Waals surface area contributed by atoms with Crippen molar-refractivity contribution in [2.24, 2.45) is 11.7 Å². The fourth-order valence-corrected chi connectivity index (χ4v) is 3.20. The van der Waals surface area contributed by atoms with E-state index in [0.29, 0.717) is 24.2 Å². The summed E-state index contributed by atoms with van der Waals surface area (Å²) in [6.45, 7) is 1.33. The third kappa shape index (κ3) is 3.90. The lowest BCUT2D eigenvalue weighted by Gasteiger charge is -2.30. The van der Waals surface area contributed by atoms with Crippen LogP contribution in [0.1, 0.15) is 28.8 Å². The molecular weight excluding hydrogens is 326 g/mol. The maximum Gasteiger partial charge on any atom is 0.253 e. The molecule has 2 aromatic rings. The van der Waals surface area contributed by atoms with Crippen molar-refractivity contribution in [3.63, 3.8) is 0 Å². The summed E-state index contributed by atoms with van der Waals surface area (Å²) in [6.07, 6.45) is 3.18. The predicted octanol–water partition coefficient (Wildman–Crippen LogP) is 2.88. The van der Waals surface area contributed by atoms with Gasteiger partial charge in [-0.25, -0.2) is 4.79 Å². The second kappa shape index (κ2) is 7.81. The monoisotopic (exact) mass is 347 g/mol. The average molecular weight is 347 g/mol. The highest BCUT2D eigenvalue weighted by molar-refractivity contribution is 5.96. The lowest BCUT2D eigenvalue weighted by molar-refractivity contribution is 0.0706. The Morgan fingerprint density at radius 2 is 1.50 bits per heavy atom. The van der Waals surface area contributed by atoms with Gasteiger partial charge in [0.05, 0.1) is 0 Å². The van der Waals surface area contributed by atoms with Gasteiger partial charge >= 0.3 is 0 Å². The molecule has 0 saturated carbocycles. The second-order valence-electron chi connectivity index (χ2n) is 6.48. The van der Waals surface area contributed by atoms with Crippen molar-refractivity contribution in [3.05, 3.63) is 65.7 Å². The number of carbonyl (C=O) groups excluding carboxylic acids is 2. The summed E-state index contributed by atoms with van der Waals surface area (Å²) in [7, 11) is 0. The van der Waals surface area contributed by atoms with E-state index in [9.17, 15) is 9.59 Å². The summed E-state index contributed by atoms with van der Waals surface area (Å²) in [6, 6.07) is 15.0. The molecule has 132 valence electrons. The van der Waals surface area contributed by atoms with E-state index in [1.807, 2.05) is 59.4 Å². The number of benzene rings is 2. The Kier molecular flexibility index (Phi) is 5.30. The SMILES string of the molecule is N=C(N)c1ccc(-c2ccc(C(=O)N3CCC(C=C=O)CC3)cc2)cc1. The van der Waals surface area contributed by atoms with Crippen LogP contribution in [0.2, 0.25) is 0 Å². The van der Waals surface area contributed by atoms with Crippen LogP contribution in [0.15, 0.2) is 54.6 Å². The van der Waals surface area contributed by atoms with Crippen molar-refractivity contribution in [2.45, 2.75) is 12.8 Å². The van der Waals surface area contributed by atoms with E-state index >= 15 is 0 Å². The molecule has 0 bridgehead atoms. The molecule has 26 heavy (non-hydrogen) atoms. The van der Waals surface area contributed by atoms with E-state index < -0.39 is 0 Å². The minimum Gasteiger partial charge on any atom is -0.384 e. The molecule has 5 nitrogen and oxygen atoms in total. The van der Waals surface area contributed by atoms with Gasteiger partial charge in [-0.2, -0.15) is 0 Å². The van der Waals surface area contributed by atoms with Crippen molar-refractivity contribution < 1.29 is 9.59 Å². The maximum atomic E-state index is 12.6. The highest BCUT2D eigenvalue weighted by Gasteiger charge is 2.22. The summed E-state index contributed by atoms with van der Waals surface area (Å²) < 4.78 is 0. The van der Waals surface area contributed by atoms with Crippen LogP contribution in [0.4, 0.5) is 0 Å². The molecule has 2 aromatic carbocycles. The lowest BCUT2D eigenvalue weighted by Crippen LogP contribution is -2.38. The molecule has 1 aliphatic rings. The van der Waals surface area contributed by atoms with Crippen LogP contribution in [0, 0.1) is 11.3 Å². The minimum absolute atomic E-state index is 0.0250. The number of allylic oxidation sites excluding steroid dienone is 1. The van der Waals surface area contributed by atoms with E-state index in [1.165, 1.54) is 0 Å². The first-order chi connectivity index (χ1) is 12.6. The highest BCUT2D eigenvalue weighted by Crippen LogP contribution is 2.23. The molecule has 0 radical (unpaired) electrons. The minimum atomic E-state index is 0.0250. The van der Waals surface area contributed by atoms with Crippen molar-refractivity contribution in [3.8, 4) is 11.1 Å². The number of carbonyl (C=O) groups is 1. The molecule has 0 unspecified atom stereocenters. The summed E-state index contributed by atoms with van der Waals surface area (Å²) >= 11 is 0. The molecule has 0 aromatic heterocycles. The zero-order chi connectivity index (χ0) is 18.5. The highest BCUT2D eigenvalue weighted by atomic mass is 16.2. The Labute approximate surface area is 152 Å². The van der Waals surface area contributed by atoms with Crippen molar-refractivity contribution in [1.29, 1.82) is 5.41 Å². The zero-order valence-electron chi connectivity index (χ0n) is 14.4. The number of hydrogen-bond acceptors (Lipinski definition) is 3.